The first kappa shape index (κ1) is 22.4. The van der Waals surface area contributed by atoms with Crippen LogP contribution < -0.4 is 4.90 Å². The lowest BCUT2D eigenvalue weighted by Gasteiger charge is -2.24. The summed E-state index contributed by atoms with van der Waals surface area (Å²) in [7, 11) is 0. The third kappa shape index (κ3) is 4.11. The maximum absolute atomic E-state index is 5.00. The van der Waals surface area contributed by atoms with Crippen LogP contribution in [0.3, 0.4) is 0 Å². The molecule has 0 fully saturated rings. The predicted molar refractivity (Wildman–Crippen MR) is 160 cm³/mol. The van der Waals surface area contributed by atoms with Crippen LogP contribution in [0.2, 0.25) is 0 Å². The van der Waals surface area contributed by atoms with E-state index in [1.54, 1.807) is 11.3 Å². The van der Waals surface area contributed by atoms with Crippen molar-refractivity contribution < 1.29 is 0 Å². The maximum atomic E-state index is 5.00. The van der Waals surface area contributed by atoms with Gasteiger partial charge in [0.1, 0.15) is 5.00 Å². The molecule has 0 radical (unpaired) electrons. The van der Waals surface area contributed by atoms with Crippen molar-refractivity contribution in [3.8, 4) is 22.5 Å². The first-order valence-corrected chi connectivity index (χ1v) is 13.4. The SMILES string of the molecule is c1ccc(N(c2cccc(-c3ccccn3)c2)c2cc3c(-c4ccc5ccccc5n4)cccc3s2)cc1. The quantitative estimate of drug-likeness (QED) is 0.233. The predicted octanol–water partition coefficient (Wildman–Crippen LogP) is 9.65. The van der Waals surface area contributed by atoms with Crippen molar-refractivity contribution in [3.05, 3.63) is 140 Å². The third-order valence-electron chi connectivity index (χ3n) is 6.72. The molecule has 0 aliphatic heterocycles. The molecular weight excluding hydrogens is 482 g/mol. The van der Waals surface area contributed by atoms with E-state index in [4.69, 9.17) is 4.98 Å². The van der Waals surface area contributed by atoms with Gasteiger partial charge in [0.25, 0.3) is 0 Å². The largest absolute Gasteiger partial charge is 0.302 e. The van der Waals surface area contributed by atoms with Gasteiger partial charge in [0.05, 0.1) is 16.9 Å². The Morgan fingerprint density at radius 2 is 1.39 bits per heavy atom. The standard InChI is InChI=1S/C34H23N3S/c1-2-12-26(13-3-1)37(27-14-8-11-25(22-27)30-16-6-7-21-35-30)34-23-29-28(15-9-18-33(29)38-34)32-20-19-24-10-4-5-17-31(24)36-32/h1-23H. The summed E-state index contributed by atoms with van der Waals surface area (Å²) in [6.07, 6.45) is 1.84. The van der Waals surface area contributed by atoms with Gasteiger partial charge in [-0.2, -0.15) is 0 Å². The van der Waals surface area contributed by atoms with Crippen molar-refractivity contribution in [1.82, 2.24) is 9.97 Å². The van der Waals surface area contributed by atoms with Crippen molar-refractivity contribution in [2.45, 2.75) is 0 Å². The fraction of sp³-hybridized carbons (Fsp3) is 0. The Morgan fingerprint density at radius 3 is 2.29 bits per heavy atom. The number of pyridine rings is 2. The molecule has 3 heterocycles. The van der Waals surface area contributed by atoms with Crippen LogP contribution in [0.4, 0.5) is 16.4 Å². The molecule has 0 unspecified atom stereocenters. The van der Waals surface area contributed by atoms with Gasteiger partial charge in [-0.1, -0.05) is 72.8 Å². The van der Waals surface area contributed by atoms with Crippen molar-refractivity contribution >= 4 is 48.7 Å². The summed E-state index contributed by atoms with van der Waals surface area (Å²) in [5.74, 6) is 0. The molecule has 4 aromatic carbocycles. The van der Waals surface area contributed by atoms with Gasteiger partial charge in [0, 0.05) is 44.2 Å². The van der Waals surface area contributed by atoms with Crippen LogP contribution in [-0.2, 0) is 0 Å². The summed E-state index contributed by atoms with van der Waals surface area (Å²) in [6, 6.07) is 46.5. The number of hydrogen-bond acceptors (Lipinski definition) is 4. The second kappa shape index (κ2) is 9.58. The van der Waals surface area contributed by atoms with Gasteiger partial charge < -0.3 is 4.90 Å². The average Bonchev–Trinajstić information content (AvgIpc) is 3.42. The fourth-order valence-electron chi connectivity index (χ4n) is 4.92. The summed E-state index contributed by atoms with van der Waals surface area (Å²) >= 11 is 1.79. The number of aromatic nitrogens is 2. The van der Waals surface area contributed by atoms with E-state index in [2.05, 4.69) is 119 Å². The highest BCUT2D eigenvalue weighted by molar-refractivity contribution is 7.23. The second-order valence-corrected chi connectivity index (χ2v) is 10.2. The Kier molecular flexibility index (Phi) is 5.65. The Morgan fingerprint density at radius 1 is 0.579 bits per heavy atom. The summed E-state index contributed by atoms with van der Waals surface area (Å²) in [5, 5.41) is 3.51. The van der Waals surface area contributed by atoms with E-state index in [9.17, 15) is 0 Å². The Hall–Kier alpha value is -4.80. The first-order valence-electron chi connectivity index (χ1n) is 12.6. The molecule has 7 aromatic rings. The zero-order valence-electron chi connectivity index (χ0n) is 20.5. The van der Waals surface area contributed by atoms with Gasteiger partial charge in [-0.15, -0.1) is 11.3 Å². The molecule has 0 atom stereocenters. The Bertz CT molecular complexity index is 1880. The van der Waals surface area contributed by atoms with Crippen LogP contribution in [0.1, 0.15) is 0 Å². The van der Waals surface area contributed by atoms with E-state index >= 15 is 0 Å². The summed E-state index contributed by atoms with van der Waals surface area (Å²) in [6.45, 7) is 0. The van der Waals surface area contributed by atoms with Gasteiger partial charge in [-0.3, -0.25) is 4.98 Å². The third-order valence-corrected chi connectivity index (χ3v) is 7.81. The van der Waals surface area contributed by atoms with Crippen LogP contribution in [0.15, 0.2) is 140 Å². The molecule has 0 saturated heterocycles. The molecule has 4 heteroatoms. The molecule has 0 amide bonds. The molecule has 0 spiro atoms. The number of rotatable bonds is 5. The van der Waals surface area contributed by atoms with Crippen molar-refractivity contribution in [2.24, 2.45) is 0 Å². The first-order chi connectivity index (χ1) is 18.8. The fourth-order valence-corrected chi connectivity index (χ4v) is 6.05. The second-order valence-electron chi connectivity index (χ2n) is 9.13. The highest BCUT2D eigenvalue weighted by Crippen LogP contribution is 2.44. The summed E-state index contributed by atoms with van der Waals surface area (Å²) in [4.78, 5) is 11.9. The molecule has 7 rings (SSSR count). The Balaban J connectivity index is 1.38. The van der Waals surface area contributed by atoms with Crippen LogP contribution in [0, 0.1) is 0 Å². The molecule has 0 N–H and O–H groups in total. The molecule has 3 nitrogen and oxygen atoms in total. The normalized spacial score (nSPS) is 11.2. The number of hydrogen-bond donors (Lipinski definition) is 0. The van der Waals surface area contributed by atoms with Gasteiger partial charge >= 0.3 is 0 Å². The molecular formula is C34H23N3S. The van der Waals surface area contributed by atoms with Crippen molar-refractivity contribution in [2.75, 3.05) is 4.90 Å². The highest BCUT2D eigenvalue weighted by Gasteiger charge is 2.18. The minimum atomic E-state index is 0.961. The van der Waals surface area contributed by atoms with E-state index in [0.717, 1.165) is 49.8 Å². The molecule has 0 bridgehead atoms. The monoisotopic (exact) mass is 505 g/mol. The van der Waals surface area contributed by atoms with E-state index in [-0.39, 0.29) is 0 Å². The lowest BCUT2D eigenvalue weighted by molar-refractivity contribution is 1.30. The van der Waals surface area contributed by atoms with Crippen LogP contribution in [-0.4, -0.2) is 9.97 Å². The van der Waals surface area contributed by atoms with Gasteiger partial charge in [0.2, 0.25) is 0 Å². The number of anilines is 3. The number of thiophene rings is 1. The Labute approximate surface area is 225 Å². The number of nitrogens with zero attached hydrogens (tertiary/aromatic N) is 3. The van der Waals surface area contributed by atoms with E-state index in [0.29, 0.717) is 0 Å². The molecule has 38 heavy (non-hydrogen) atoms. The minimum Gasteiger partial charge on any atom is -0.302 e. The smallest absolute Gasteiger partial charge is 0.101 e. The van der Waals surface area contributed by atoms with E-state index < -0.39 is 0 Å². The molecule has 180 valence electrons. The molecule has 0 aliphatic carbocycles. The van der Waals surface area contributed by atoms with Crippen LogP contribution in [0.25, 0.3) is 43.5 Å². The number of fused-ring (bicyclic) bond motifs is 2. The summed E-state index contributed by atoms with van der Waals surface area (Å²) < 4.78 is 1.23. The lowest BCUT2D eigenvalue weighted by Crippen LogP contribution is -2.08. The van der Waals surface area contributed by atoms with Gasteiger partial charge in [-0.25, -0.2) is 4.98 Å². The van der Waals surface area contributed by atoms with Gasteiger partial charge in [-0.05, 0) is 60.7 Å². The lowest BCUT2D eigenvalue weighted by atomic mass is 10.1. The number of para-hydroxylation sites is 2. The maximum Gasteiger partial charge on any atom is 0.101 e. The summed E-state index contributed by atoms with van der Waals surface area (Å²) in [5.41, 5.74) is 7.40. The van der Waals surface area contributed by atoms with Crippen molar-refractivity contribution in [1.29, 1.82) is 0 Å². The topological polar surface area (TPSA) is 29.0 Å². The van der Waals surface area contributed by atoms with Crippen molar-refractivity contribution in [3.63, 3.8) is 0 Å². The number of benzene rings is 4. The van der Waals surface area contributed by atoms with Gasteiger partial charge in [0.15, 0.2) is 0 Å². The van der Waals surface area contributed by atoms with E-state index in [1.165, 1.54) is 10.1 Å². The highest BCUT2D eigenvalue weighted by atomic mass is 32.1. The van der Waals surface area contributed by atoms with Crippen LogP contribution in [0.5, 0.6) is 0 Å². The zero-order chi connectivity index (χ0) is 25.3. The van der Waals surface area contributed by atoms with E-state index in [1.807, 2.05) is 30.5 Å². The molecule has 0 aliphatic rings. The van der Waals surface area contributed by atoms with Crippen LogP contribution >= 0.6 is 11.3 Å². The minimum absolute atomic E-state index is 0.961. The average molecular weight is 506 g/mol. The molecule has 3 aromatic heterocycles. The zero-order valence-corrected chi connectivity index (χ0v) is 21.3. The molecule has 0 saturated carbocycles.